The maximum Gasteiger partial charge on any atom is 0.355 e. The smallest absolute Gasteiger partial charge is 0.355 e. The van der Waals surface area contributed by atoms with E-state index in [1.807, 2.05) is 0 Å². The Kier molecular flexibility index (Phi) is 5.58. The number of halogens is 2. The summed E-state index contributed by atoms with van der Waals surface area (Å²) in [7, 11) is 0. The number of rotatable bonds is 5. The summed E-state index contributed by atoms with van der Waals surface area (Å²) in [4.78, 5) is 38.2. The van der Waals surface area contributed by atoms with E-state index in [9.17, 15) is 18.8 Å². The van der Waals surface area contributed by atoms with Gasteiger partial charge in [0.05, 0.1) is 5.69 Å². The number of aryl methyl sites for hydroxylation is 1. The van der Waals surface area contributed by atoms with E-state index in [0.717, 1.165) is 6.07 Å². The number of hydrogen-bond acceptors (Lipinski definition) is 4. The molecular weight excluding hydrogens is 351 g/mol. The van der Waals surface area contributed by atoms with Crippen LogP contribution in [-0.2, 0) is 9.53 Å². The van der Waals surface area contributed by atoms with Crippen LogP contribution in [0.2, 0.25) is 5.02 Å². The molecule has 2 rings (SSSR count). The summed E-state index contributed by atoms with van der Waals surface area (Å²) in [6.45, 7) is 4.07. The summed E-state index contributed by atoms with van der Waals surface area (Å²) >= 11 is 5.63. The Labute approximate surface area is 148 Å². The number of carbonyl (C=O) groups is 3. The summed E-state index contributed by atoms with van der Waals surface area (Å²) < 4.78 is 18.5. The minimum Gasteiger partial charge on any atom is -0.451 e. The molecule has 0 bridgehead atoms. The highest BCUT2D eigenvalue weighted by Crippen LogP contribution is 2.20. The van der Waals surface area contributed by atoms with Gasteiger partial charge in [-0.25, -0.2) is 9.18 Å². The molecule has 1 heterocycles. The Balaban J connectivity index is 2.01. The van der Waals surface area contributed by atoms with Crippen LogP contribution < -0.4 is 5.32 Å². The normalized spacial score (nSPS) is 10.4. The van der Waals surface area contributed by atoms with E-state index in [-0.39, 0.29) is 22.2 Å². The summed E-state index contributed by atoms with van der Waals surface area (Å²) in [5, 5.41) is 2.47. The molecule has 0 aliphatic rings. The van der Waals surface area contributed by atoms with E-state index < -0.39 is 24.3 Å². The summed E-state index contributed by atoms with van der Waals surface area (Å²) in [5.74, 6) is -2.36. The fourth-order valence-electron chi connectivity index (χ4n) is 2.46. The standard InChI is InChI=1S/C17H16ClFN2O4/c1-8-15(10(3)22)9(2)20-16(8)17(24)25-7-14(23)21-13-5-4-11(18)6-12(13)19/h4-6,20H,7H2,1-3H3,(H,21,23). The highest BCUT2D eigenvalue weighted by Gasteiger charge is 2.21. The van der Waals surface area contributed by atoms with Crippen molar-refractivity contribution in [2.45, 2.75) is 20.8 Å². The zero-order chi connectivity index (χ0) is 18.7. The number of carbonyl (C=O) groups excluding carboxylic acids is 3. The number of Topliss-reactive ketones (excluding diaryl/α,β-unsaturated/α-hetero) is 1. The van der Waals surface area contributed by atoms with Crippen LogP contribution in [-0.4, -0.2) is 29.3 Å². The number of ketones is 1. The fourth-order valence-corrected chi connectivity index (χ4v) is 2.62. The zero-order valence-corrected chi connectivity index (χ0v) is 14.6. The van der Waals surface area contributed by atoms with E-state index in [1.165, 1.54) is 19.1 Å². The molecule has 2 N–H and O–H groups in total. The molecule has 0 fully saturated rings. The molecule has 132 valence electrons. The fraction of sp³-hybridized carbons (Fsp3) is 0.235. The maximum absolute atomic E-state index is 13.6. The lowest BCUT2D eigenvalue weighted by atomic mass is 10.1. The van der Waals surface area contributed by atoms with E-state index in [2.05, 4.69) is 10.3 Å². The lowest BCUT2D eigenvalue weighted by Gasteiger charge is -2.07. The van der Waals surface area contributed by atoms with Crippen molar-refractivity contribution in [1.29, 1.82) is 0 Å². The van der Waals surface area contributed by atoms with Crippen LogP contribution in [0.1, 0.15) is 39.0 Å². The number of aromatic nitrogens is 1. The molecule has 0 atom stereocenters. The topological polar surface area (TPSA) is 88.3 Å². The van der Waals surface area contributed by atoms with Crippen molar-refractivity contribution in [3.63, 3.8) is 0 Å². The molecule has 6 nitrogen and oxygen atoms in total. The predicted octanol–water partition coefficient (Wildman–Crippen LogP) is 3.42. The van der Waals surface area contributed by atoms with Gasteiger partial charge in [0.15, 0.2) is 12.4 Å². The van der Waals surface area contributed by atoms with Gasteiger partial charge in [-0.3, -0.25) is 9.59 Å². The highest BCUT2D eigenvalue weighted by molar-refractivity contribution is 6.30. The minimum atomic E-state index is -0.778. The first-order valence-corrected chi connectivity index (χ1v) is 7.70. The number of nitrogens with one attached hydrogen (secondary N) is 2. The molecule has 1 aromatic heterocycles. The monoisotopic (exact) mass is 366 g/mol. The van der Waals surface area contributed by atoms with Crippen molar-refractivity contribution in [1.82, 2.24) is 4.98 Å². The van der Waals surface area contributed by atoms with Crippen molar-refractivity contribution < 1.29 is 23.5 Å². The molecule has 0 unspecified atom stereocenters. The summed E-state index contributed by atoms with van der Waals surface area (Å²) in [6.07, 6.45) is 0. The number of ether oxygens (including phenoxy) is 1. The van der Waals surface area contributed by atoms with Gasteiger partial charge < -0.3 is 15.0 Å². The van der Waals surface area contributed by atoms with Crippen LogP contribution in [0.3, 0.4) is 0 Å². The van der Waals surface area contributed by atoms with Crippen LogP contribution in [0.5, 0.6) is 0 Å². The number of amides is 1. The van der Waals surface area contributed by atoms with E-state index in [4.69, 9.17) is 16.3 Å². The van der Waals surface area contributed by atoms with Gasteiger partial charge >= 0.3 is 5.97 Å². The first-order chi connectivity index (χ1) is 11.7. The summed E-state index contributed by atoms with van der Waals surface area (Å²) in [6, 6.07) is 3.77. The quantitative estimate of drug-likeness (QED) is 0.627. The molecule has 8 heteroatoms. The van der Waals surface area contributed by atoms with Gasteiger partial charge in [-0.1, -0.05) is 11.6 Å². The molecular formula is C17H16ClFN2O4. The average Bonchev–Trinajstić information content (AvgIpc) is 2.82. The van der Waals surface area contributed by atoms with Crippen LogP contribution in [0.25, 0.3) is 0 Å². The van der Waals surface area contributed by atoms with Crippen LogP contribution in [0.15, 0.2) is 18.2 Å². The second-order valence-corrected chi connectivity index (χ2v) is 5.87. The van der Waals surface area contributed by atoms with Crippen LogP contribution >= 0.6 is 11.6 Å². The van der Waals surface area contributed by atoms with Crippen molar-refractivity contribution in [3.8, 4) is 0 Å². The van der Waals surface area contributed by atoms with Crippen molar-refractivity contribution in [2.75, 3.05) is 11.9 Å². The Morgan fingerprint density at radius 1 is 1.28 bits per heavy atom. The molecule has 0 aliphatic carbocycles. The third-order valence-electron chi connectivity index (χ3n) is 3.53. The number of anilines is 1. The molecule has 25 heavy (non-hydrogen) atoms. The molecule has 0 radical (unpaired) electrons. The number of aromatic amines is 1. The number of esters is 1. The molecule has 0 spiro atoms. The molecule has 1 aromatic carbocycles. The molecule has 2 aromatic rings. The lowest BCUT2D eigenvalue weighted by Crippen LogP contribution is -2.22. The third kappa shape index (κ3) is 4.24. The first kappa shape index (κ1) is 18.7. The van der Waals surface area contributed by atoms with E-state index >= 15 is 0 Å². The van der Waals surface area contributed by atoms with Gasteiger partial charge in [0.1, 0.15) is 11.5 Å². The van der Waals surface area contributed by atoms with Gasteiger partial charge in [0, 0.05) is 16.3 Å². The Morgan fingerprint density at radius 3 is 2.52 bits per heavy atom. The van der Waals surface area contributed by atoms with Crippen LogP contribution in [0.4, 0.5) is 10.1 Å². The number of H-pyrrole nitrogens is 1. The van der Waals surface area contributed by atoms with Gasteiger partial charge in [0.2, 0.25) is 0 Å². The Hall–Kier alpha value is -2.67. The third-order valence-corrected chi connectivity index (χ3v) is 3.77. The zero-order valence-electron chi connectivity index (χ0n) is 13.8. The SMILES string of the molecule is CC(=O)c1c(C)[nH]c(C(=O)OCC(=O)Nc2ccc(Cl)cc2F)c1C. The average molecular weight is 367 g/mol. The van der Waals surface area contributed by atoms with Gasteiger partial charge in [0.25, 0.3) is 5.91 Å². The first-order valence-electron chi connectivity index (χ1n) is 7.32. The van der Waals surface area contributed by atoms with Gasteiger partial charge in [-0.15, -0.1) is 0 Å². The lowest BCUT2D eigenvalue weighted by molar-refractivity contribution is -0.119. The second kappa shape index (κ2) is 7.48. The second-order valence-electron chi connectivity index (χ2n) is 5.43. The van der Waals surface area contributed by atoms with Gasteiger partial charge in [-0.05, 0) is 44.5 Å². The number of hydrogen-bond donors (Lipinski definition) is 2. The Morgan fingerprint density at radius 2 is 1.96 bits per heavy atom. The van der Waals surface area contributed by atoms with Gasteiger partial charge in [-0.2, -0.15) is 0 Å². The molecule has 0 aliphatic heterocycles. The molecule has 0 saturated heterocycles. The van der Waals surface area contributed by atoms with Crippen LogP contribution in [0, 0.1) is 19.7 Å². The largest absolute Gasteiger partial charge is 0.451 e. The van der Waals surface area contributed by atoms with E-state index in [0.29, 0.717) is 16.8 Å². The van der Waals surface area contributed by atoms with Crippen molar-refractivity contribution in [3.05, 3.63) is 51.6 Å². The highest BCUT2D eigenvalue weighted by atomic mass is 35.5. The maximum atomic E-state index is 13.6. The van der Waals surface area contributed by atoms with Crippen molar-refractivity contribution >= 4 is 34.9 Å². The van der Waals surface area contributed by atoms with E-state index in [1.54, 1.807) is 13.8 Å². The molecule has 1 amide bonds. The predicted molar refractivity (Wildman–Crippen MR) is 90.6 cm³/mol. The van der Waals surface area contributed by atoms with Crippen molar-refractivity contribution in [2.24, 2.45) is 0 Å². The number of benzene rings is 1. The minimum absolute atomic E-state index is 0.0730. The Bertz CT molecular complexity index is 861. The molecule has 0 saturated carbocycles. The summed E-state index contributed by atoms with van der Waals surface area (Å²) in [5.41, 5.74) is 1.45.